The average Bonchev–Trinajstić information content (AvgIpc) is 3.02. The Bertz CT molecular complexity index is 677. The van der Waals surface area contributed by atoms with Gasteiger partial charge in [0.15, 0.2) is 18.1 Å². The van der Waals surface area contributed by atoms with E-state index < -0.39 is 43.7 Å². The standard InChI is InChI=1S/C14H13F3N2O6/c15-14(16,17)6-19-11(20)5-23-12(21)4-18-13(22)8-1-2-9-10(3-8)25-7-24-9/h1-3H,4-7H2,(H,18,22)(H,19,20). The highest BCUT2D eigenvalue weighted by Crippen LogP contribution is 2.32. The lowest BCUT2D eigenvalue weighted by atomic mass is 10.2. The second-order valence-electron chi connectivity index (χ2n) is 4.80. The van der Waals surface area contributed by atoms with Crippen molar-refractivity contribution in [2.45, 2.75) is 6.18 Å². The second kappa shape index (κ2) is 7.73. The number of hydrogen-bond donors (Lipinski definition) is 2. The summed E-state index contributed by atoms with van der Waals surface area (Å²) in [5.41, 5.74) is 0.208. The smallest absolute Gasteiger partial charge is 0.405 e. The molecule has 0 saturated heterocycles. The van der Waals surface area contributed by atoms with Gasteiger partial charge in [0.25, 0.3) is 11.8 Å². The van der Waals surface area contributed by atoms with Crippen LogP contribution in [0.25, 0.3) is 0 Å². The van der Waals surface area contributed by atoms with Crippen LogP contribution in [0.5, 0.6) is 11.5 Å². The molecular weight excluding hydrogens is 349 g/mol. The minimum atomic E-state index is -4.56. The second-order valence-corrected chi connectivity index (χ2v) is 4.80. The average molecular weight is 362 g/mol. The summed E-state index contributed by atoms with van der Waals surface area (Å²) in [6, 6.07) is 4.41. The number of rotatable bonds is 6. The van der Waals surface area contributed by atoms with E-state index >= 15 is 0 Å². The van der Waals surface area contributed by atoms with Crippen LogP contribution in [-0.2, 0) is 14.3 Å². The van der Waals surface area contributed by atoms with Crippen molar-refractivity contribution in [3.8, 4) is 11.5 Å². The van der Waals surface area contributed by atoms with E-state index in [-0.39, 0.29) is 12.4 Å². The molecule has 2 amide bonds. The predicted molar refractivity (Wildman–Crippen MR) is 74.9 cm³/mol. The van der Waals surface area contributed by atoms with E-state index in [2.05, 4.69) is 10.1 Å². The number of nitrogens with one attached hydrogen (secondary N) is 2. The monoisotopic (exact) mass is 362 g/mol. The van der Waals surface area contributed by atoms with E-state index in [1.807, 2.05) is 0 Å². The Hall–Kier alpha value is -2.98. The zero-order chi connectivity index (χ0) is 18.4. The SMILES string of the molecule is O=C(COC(=O)CNC(=O)c1ccc2c(c1)OCO2)NCC(F)(F)F. The number of esters is 1. The summed E-state index contributed by atoms with van der Waals surface area (Å²) >= 11 is 0. The zero-order valence-corrected chi connectivity index (χ0v) is 12.6. The van der Waals surface area contributed by atoms with Gasteiger partial charge in [0.2, 0.25) is 6.79 Å². The normalized spacial score (nSPS) is 12.4. The van der Waals surface area contributed by atoms with Gasteiger partial charge in [-0.25, -0.2) is 0 Å². The quantitative estimate of drug-likeness (QED) is 0.709. The molecule has 25 heavy (non-hydrogen) atoms. The number of benzene rings is 1. The highest BCUT2D eigenvalue weighted by molar-refractivity contribution is 5.96. The van der Waals surface area contributed by atoms with E-state index in [1.165, 1.54) is 23.5 Å². The van der Waals surface area contributed by atoms with Crippen molar-refractivity contribution >= 4 is 17.8 Å². The van der Waals surface area contributed by atoms with E-state index in [1.54, 1.807) is 0 Å². The number of carbonyl (C=O) groups is 3. The molecular formula is C14H13F3N2O6. The fraction of sp³-hybridized carbons (Fsp3) is 0.357. The molecule has 0 spiro atoms. The molecule has 2 rings (SSSR count). The summed E-state index contributed by atoms with van der Waals surface area (Å²) in [5, 5.41) is 3.79. The Balaban J connectivity index is 1.71. The van der Waals surface area contributed by atoms with Gasteiger partial charge in [-0.1, -0.05) is 0 Å². The maximum Gasteiger partial charge on any atom is 0.405 e. The van der Waals surface area contributed by atoms with E-state index in [0.717, 1.165) is 0 Å². The third-order valence-corrected chi connectivity index (χ3v) is 2.88. The van der Waals surface area contributed by atoms with Gasteiger partial charge in [-0.15, -0.1) is 0 Å². The molecule has 11 heteroatoms. The molecule has 0 aliphatic carbocycles. The van der Waals surface area contributed by atoms with Gasteiger partial charge >= 0.3 is 12.1 Å². The van der Waals surface area contributed by atoms with Crippen LogP contribution in [0, 0.1) is 0 Å². The van der Waals surface area contributed by atoms with E-state index in [4.69, 9.17) is 9.47 Å². The molecule has 1 aliphatic heterocycles. The first kappa shape index (κ1) is 18.4. The Morgan fingerprint density at radius 1 is 1.12 bits per heavy atom. The predicted octanol–water partition coefficient (Wildman–Crippen LogP) is 0.367. The molecule has 0 aromatic heterocycles. The van der Waals surface area contributed by atoms with Gasteiger partial charge < -0.3 is 24.8 Å². The first-order valence-electron chi connectivity index (χ1n) is 6.91. The van der Waals surface area contributed by atoms with Crippen LogP contribution in [0.2, 0.25) is 0 Å². The Labute approximate surface area is 139 Å². The van der Waals surface area contributed by atoms with Crippen LogP contribution < -0.4 is 20.1 Å². The largest absolute Gasteiger partial charge is 0.454 e. The number of hydrogen-bond acceptors (Lipinski definition) is 6. The maximum absolute atomic E-state index is 11.9. The molecule has 0 atom stereocenters. The topological polar surface area (TPSA) is 103 Å². The number of alkyl halides is 3. The molecule has 1 aromatic rings. The van der Waals surface area contributed by atoms with Crippen LogP contribution in [0.3, 0.4) is 0 Å². The maximum atomic E-state index is 11.9. The summed E-state index contributed by atoms with van der Waals surface area (Å²) in [4.78, 5) is 34.3. The Kier molecular flexibility index (Phi) is 5.67. The van der Waals surface area contributed by atoms with Gasteiger partial charge in [-0.3, -0.25) is 14.4 Å². The number of amides is 2. The van der Waals surface area contributed by atoms with Crippen molar-refractivity contribution in [3.05, 3.63) is 23.8 Å². The molecule has 0 radical (unpaired) electrons. The van der Waals surface area contributed by atoms with Gasteiger partial charge in [-0.05, 0) is 18.2 Å². The van der Waals surface area contributed by atoms with Crippen LogP contribution in [-0.4, -0.2) is 50.4 Å². The lowest BCUT2D eigenvalue weighted by Crippen LogP contribution is -2.37. The summed E-state index contributed by atoms with van der Waals surface area (Å²) in [6.45, 7) is -2.91. The lowest BCUT2D eigenvalue weighted by molar-refractivity contribution is -0.150. The third-order valence-electron chi connectivity index (χ3n) is 2.88. The molecule has 0 unspecified atom stereocenters. The van der Waals surface area contributed by atoms with Crippen molar-refractivity contribution < 1.29 is 41.8 Å². The van der Waals surface area contributed by atoms with Crippen molar-refractivity contribution in [2.75, 3.05) is 26.5 Å². The molecule has 8 nitrogen and oxygen atoms in total. The molecule has 1 aromatic carbocycles. The zero-order valence-electron chi connectivity index (χ0n) is 12.6. The van der Waals surface area contributed by atoms with Gasteiger partial charge in [0.1, 0.15) is 13.1 Å². The molecule has 0 saturated carbocycles. The number of ether oxygens (including phenoxy) is 3. The number of fused-ring (bicyclic) bond motifs is 1. The Morgan fingerprint density at radius 2 is 1.84 bits per heavy atom. The fourth-order valence-corrected chi connectivity index (χ4v) is 1.74. The highest BCUT2D eigenvalue weighted by Gasteiger charge is 2.27. The van der Waals surface area contributed by atoms with Crippen molar-refractivity contribution in [1.82, 2.24) is 10.6 Å². The minimum absolute atomic E-state index is 0.0448. The first-order chi connectivity index (χ1) is 11.7. The minimum Gasteiger partial charge on any atom is -0.454 e. The van der Waals surface area contributed by atoms with Crippen molar-refractivity contribution in [2.24, 2.45) is 0 Å². The van der Waals surface area contributed by atoms with Gasteiger partial charge in [-0.2, -0.15) is 13.2 Å². The van der Waals surface area contributed by atoms with Gasteiger partial charge in [0.05, 0.1) is 0 Å². The summed E-state index contributed by atoms with van der Waals surface area (Å²) in [7, 11) is 0. The lowest BCUT2D eigenvalue weighted by Gasteiger charge is -2.09. The molecule has 1 aliphatic rings. The number of carbonyl (C=O) groups excluding carboxylic acids is 3. The van der Waals surface area contributed by atoms with Crippen molar-refractivity contribution in [1.29, 1.82) is 0 Å². The van der Waals surface area contributed by atoms with E-state index in [0.29, 0.717) is 11.5 Å². The molecule has 1 heterocycles. The third kappa shape index (κ3) is 5.86. The molecule has 136 valence electrons. The van der Waals surface area contributed by atoms with Crippen LogP contribution in [0.1, 0.15) is 10.4 Å². The Morgan fingerprint density at radius 3 is 2.56 bits per heavy atom. The summed E-state index contributed by atoms with van der Waals surface area (Å²) in [5.74, 6) is -1.81. The van der Waals surface area contributed by atoms with Crippen LogP contribution in [0.15, 0.2) is 18.2 Å². The van der Waals surface area contributed by atoms with Gasteiger partial charge in [0, 0.05) is 5.56 Å². The highest BCUT2D eigenvalue weighted by atomic mass is 19.4. The molecule has 2 N–H and O–H groups in total. The summed E-state index contributed by atoms with van der Waals surface area (Å²) in [6.07, 6.45) is -4.56. The fourth-order valence-electron chi connectivity index (χ4n) is 1.74. The molecule has 0 fully saturated rings. The summed E-state index contributed by atoms with van der Waals surface area (Å²) < 4.78 is 50.3. The first-order valence-corrected chi connectivity index (χ1v) is 6.91. The van der Waals surface area contributed by atoms with Crippen LogP contribution >= 0.6 is 0 Å². The van der Waals surface area contributed by atoms with E-state index in [9.17, 15) is 27.6 Å². The molecule has 0 bridgehead atoms. The van der Waals surface area contributed by atoms with Crippen LogP contribution in [0.4, 0.5) is 13.2 Å². The number of halogens is 3. The van der Waals surface area contributed by atoms with Crippen molar-refractivity contribution in [3.63, 3.8) is 0 Å².